The summed E-state index contributed by atoms with van der Waals surface area (Å²) in [5, 5.41) is 0.387. The van der Waals surface area contributed by atoms with Gasteiger partial charge in [-0.05, 0) is 48.5 Å². The van der Waals surface area contributed by atoms with Crippen LogP contribution in [0.2, 0.25) is 0 Å². The smallest absolute Gasteiger partial charge is 0.252 e. The highest BCUT2D eigenvalue weighted by molar-refractivity contribution is 7.99. The highest BCUT2D eigenvalue weighted by Crippen LogP contribution is 2.27. The average molecular weight is 444 g/mol. The van der Waals surface area contributed by atoms with Gasteiger partial charge in [-0.2, -0.15) is 0 Å². The molecule has 0 aliphatic carbocycles. The number of rotatable bonds is 7. The number of amides is 1. The number of carbonyl (C=O) groups is 1. The second kappa shape index (κ2) is 9.98. The van der Waals surface area contributed by atoms with Crippen molar-refractivity contribution in [3.63, 3.8) is 0 Å². The van der Waals surface area contributed by atoms with Gasteiger partial charge in [-0.1, -0.05) is 48.2 Å². The monoisotopic (exact) mass is 443 g/mol. The molecule has 0 aliphatic rings. The standard InChI is InChI=1S/C25H21N3O3S/c1-31-21-14-12-18(13-15-21)22-16-23(29)27-25(26-22)32-17-24(30)28(19-8-4-2-5-9-19)20-10-6-3-7-11-20/h2-16H,17H2,1H3,(H,26,27,29). The van der Waals surface area contributed by atoms with Crippen LogP contribution in [-0.2, 0) is 4.79 Å². The SMILES string of the molecule is COc1ccc(-c2cc(=O)[nH]c(SCC(=O)N(c3ccccc3)c3ccccc3)n2)cc1. The molecule has 4 rings (SSSR count). The lowest BCUT2D eigenvalue weighted by molar-refractivity contribution is -0.115. The first-order chi connectivity index (χ1) is 15.6. The Bertz CT molecular complexity index is 1200. The molecule has 1 heterocycles. The van der Waals surface area contributed by atoms with Crippen LogP contribution in [0.25, 0.3) is 11.3 Å². The number of para-hydroxylation sites is 2. The molecule has 4 aromatic rings. The largest absolute Gasteiger partial charge is 0.497 e. The fraction of sp³-hybridized carbons (Fsp3) is 0.0800. The molecule has 0 saturated carbocycles. The first kappa shape index (κ1) is 21.4. The molecule has 1 N–H and O–H groups in total. The Kier molecular flexibility index (Phi) is 6.67. The Labute approximate surface area is 189 Å². The van der Waals surface area contributed by atoms with Crippen molar-refractivity contribution in [2.24, 2.45) is 0 Å². The molecule has 0 atom stereocenters. The zero-order valence-electron chi connectivity index (χ0n) is 17.4. The predicted molar refractivity (Wildman–Crippen MR) is 128 cm³/mol. The van der Waals surface area contributed by atoms with Crippen LogP contribution < -0.4 is 15.2 Å². The molecule has 0 bridgehead atoms. The lowest BCUT2D eigenvalue weighted by atomic mass is 10.1. The highest BCUT2D eigenvalue weighted by Gasteiger charge is 2.18. The number of ether oxygens (including phenoxy) is 1. The molecule has 0 unspecified atom stereocenters. The molecule has 0 spiro atoms. The summed E-state index contributed by atoms with van der Waals surface area (Å²) in [5.41, 5.74) is 2.61. The maximum Gasteiger partial charge on any atom is 0.252 e. The van der Waals surface area contributed by atoms with Gasteiger partial charge in [0.05, 0.1) is 18.6 Å². The Morgan fingerprint density at radius 3 is 2.09 bits per heavy atom. The number of carbonyl (C=O) groups excluding carboxylic acids is 1. The number of hydrogen-bond donors (Lipinski definition) is 1. The molecular formula is C25H21N3O3S. The second-order valence-electron chi connectivity index (χ2n) is 6.85. The molecule has 6 nitrogen and oxygen atoms in total. The van der Waals surface area contributed by atoms with E-state index in [4.69, 9.17) is 4.74 Å². The Morgan fingerprint density at radius 2 is 1.53 bits per heavy atom. The summed E-state index contributed by atoms with van der Waals surface area (Å²) in [6.45, 7) is 0. The lowest BCUT2D eigenvalue weighted by Crippen LogP contribution is -2.27. The van der Waals surface area contributed by atoms with Crippen molar-refractivity contribution in [2.75, 3.05) is 17.8 Å². The van der Waals surface area contributed by atoms with E-state index in [1.54, 1.807) is 12.0 Å². The van der Waals surface area contributed by atoms with Gasteiger partial charge in [0.1, 0.15) is 5.75 Å². The van der Waals surface area contributed by atoms with Crippen LogP contribution >= 0.6 is 11.8 Å². The Hall–Kier alpha value is -3.84. The predicted octanol–water partition coefficient (Wildman–Crippen LogP) is 4.90. The van der Waals surface area contributed by atoms with E-state index in [1.165, 1.54) is 17.8 Å². The van der Waals surface area contributed by atoms with Crippen LogP contribution in [0, 0.1) is 0 Å². The summed E-state index contributed by atoms with van der Waals surface area (Å²) >= 11 is 1.19. The maximum atomic E-state index is 13.2. The van der Waals surface area contributed by atoms with Crippen molar-refractivity contribution in [1.82, 2.24) is 9.97 Å². The quantitative estimate of drug-likeness (QED) is 0.325. The minimum Gasteiger partial charge on any atom is -0.497 e. The van der Waals surface area contributed by atoms with Gasteiger partial charge in [-0.15, -0.1) is 0 Å². The van der Waals surface area contributed by atoms with Crippen molar-refractivity contribution >= 4 is 29.0 Å². The average Bonchev–Trinajstić information content (AvgIpc) is 2.84. The van der Waals surface area contributed by atoms with E-state index in [-0.39, 0.29) is 17.2 Å². The van der Waals surface area contributed by atoms with Crippen molar-refractivity contribution in [3.8, 4) is 17.0 Å². The van der Waals surface area contributed by atoms with Gasteiger partial charge < -0.3 is 9.72 Å². The van der Waals surface area contributed by atoms with E-state index in [2.05, 4.69) is 9.97 Å². The van der Waals surface area contributed by atoms with Crippen LogP contribution in [0.15, 0.2) is 101 Å². The van der Waals surface area contributed by atoms with Crippen molar-refractivity contribution < 1.29 is 9.53 Å². The first-order valence-corrected chi connectivity index (χ1v) is 10.9. The minimum absolute atomic E-state index is 0.110. The van der Waals surface area contributed by atoms with Gasteiger partial charge in [0.15, 0.2) is 5.16 Å². The Morgan fingerprint density at radius 1 is 0.938 bits per heavy atom. The van der Waals surface area contributed by atoms with Gasteiger partial charge in [0.2, 0.25) is 5.91 Å². The van der Waals surface area contributed by atoms with Crippen LogP contribution in [-0.4, -0.2) is 28.7 Å². The number of nitrogens with zero attached hydrogens (tertiary/aromatic N) is 2. The van der Waals surface area contributed by atoms with Crippen LogP contribution in [0.3, 0.4) is 0 Å². The summed E-state index contributed by atoms with van der Waals surface area (Å²) in [6, 6.07) is 27.7. The molecule has 0 fully saturated rings. The second-order valence-corrected chi connectivity index (χ2v) is 7.82. The number of methoxy groups -OCH3 is 1. The van der Waals surface area contributed by atoms with E-state index < -0.39 is 0 Å². The molecule has 160 valence electrons. The molecule has 32 heavy (non-hydrogen) atoms. The fourth-order valence-electron chi connectivity index (χ4n) is 3.20. The molecule has 0 radical (unpaired) electrons. The third kappa shape index (κ3) is 5.07. The summed E-state index contributed by atoms with van der Waals surface area (Å²) in [6.07, 6.45) is 0. The summed E-state index contributed by atoms with van der Waals surface area (Å²) in [4.78, 5) is 34.3. The summed E-state index contributed by atoms with van der Waals surface area (Å²) in [7, 11) is 1.60. The molecule has 1 amide bonds. The number of H-pyrrole nitrogens is 1. The zero-order valence-corrected chi connectivity index (χ0v) is 18.2. The topological polar surface area (TPSA) is 75.3 Å². The van der Waals surface area contributed by atoms with Gasteiger partial charge in [0, 0.05) is 23.0 Å². The number of thioether (sulfide) groups is 1. The van der Waals surface area contributed by atoms with E-state index in [0.717, 1.165) is 22.7 Å². The molecule has 0 saturated heterocycles. The van der Waals surface area contributed by atoms with E-state index >= 15 is 0 Å². The van der Waals surface area contributed by atoms with Gasteiger partial charge in [-0.3, -0.25) is 14.5 Å². The molecular weight excluding hydrogens is 422 g/mol. The van der Waals surface area contributed by atoms with Crippen molar-refractivity contribution in [2.45, 2.75) is 5.16 Å². The van der Waals surface area contributed by atoms with Crippen LogP contribution in [0.5, 0.6) is 5.75 Å². The zero-order chi connectivity index (χ0) is 22.3. The molecule has 0 aliphatic heterocycles. The van der Waals surface area contributed by atoms with E-state index in [0.29, 0.717) is 10.9 Å². The minimum atomic E-state index is -0.274. The van der Waals surface area contributed by atoms with Crippen LogP contribution in [0.4, 0.5) is 11.4 Å². The fourth-order valence-corrected chi connectivity index (χ4v) is 3.92. The highest BCUT2D eigenvalue weighted by atomic mass is 32.2. The van der Waals surface area contributed by atoms with Gasteiger partial charge >= 0.3 is 0 Å². The number of benzene rings is 3. The number of aromatic amines is 1. The van der Waals surface area contributed by atoms with Crippen molar-refractivity contribution in [3.05, 3.63) is 101 Å². The summed E-state index contributed by atoms with van der Waals surface area (Å²) < 4.78 is 5.18. The molecule has 3 aromatic carbocycles. The third-order valence-electron chi connectivity index (χ3n) is 4.72. The lowest BCUT2D eigenvalue weighted by Gasteiger charge is -2.22. The van der Waals surface area contributed by atoms with E-state index in [1.807, 2.05) is 84.9 Å². The molecule has 1 aromatic heterocycles. The van der Waals surface area contributed by atoms with Gasteiger partial charge in [-0.25, -0.2) is 4.98 Å². The normalized spacial score (nSPS) is 10.5. The third-order valence-corrected chi connectivity index (χ3v) is 5.57. The molecule has 7 heteroatoms. The van der Waals surface area contributed by atoms with Gasteiger partial charge in [0.25, 0.3) is 5.56 Å². The number of aromatic nitrogens is 2. The Balaban J connectivity index is 1.56. The number of nitrogens with one attached hydrogen (secondary N) is 1. The van der Waals surface area contributed by atoms with E-state index in [9.17, 15) is 9.59 Å². The van der Waals surface area contributed by atoms with Crippen LogP contribution in [0.1, 0.15) is 0 Å². The number of anilines is 2. The summed E-state index contributed by atoms with van der Waals surface area (Å²) in [5.74, 6) is 0.712. The number of hydrogen-bond acceptors (Lipinski definition) is 5. The van der Waals surface area contributed by atoms with Crippen molar-refractivity contribution in [1.29, 1.82) is 0 Å². The maximum absolute atomic E-state index is 13.2. The first-order valence-electron chi connectivity index (χ1n) is 9.96.